The van der Waals surface area contributed by atoms with Crippen LogP contribution < -0.4 is 11.1 Å². The molecule has 0 aliphatic carbocycles. The van der Waals surface area contributed by atoms with E-state index in [9.17, 15) is 4.79 Å². The van der Waals surface area contributed by atoms with Crippen LogP contribution in [0.15, 0.2) is 18.2 Å². The van der Waals surface area contributed by atoms with Gasteiger partial charge in [0.1, 0.15) is 0 Å². The zero-order chi connectivity index (χ0) is 12.0. The molecule has 0 bridgehead atoms. The lowest BCUT2D eigenvalue weighted by Gasteiger charge is -2.06. The zero-order valence-corrected chi connectivity index (χ0v) is 11.5. The first-order chi connectivity index (χ1) is 7.63. The van der Waals surface area contributed by atoms with E-state index in [0.29, 0.717) is 36.0 Å². The van der Waals surface area contributed by atoms with Gasteiger partial charge in [-0.25, -0.2) is 0 Å². The van der Waals surface area contributed by atoms with Crippen molar-refractivity contribution in [3.05, 3.63) is 33.8 Å². The van der Waals surface area contributed by atoms with Gasteiger partial charge >= 0.3 is 0 Å². The maximum atomic E-state index is 11.3. The van der Waals surface area contributed by atoms with Crippen molar-refractivity contribution in [2.24, 2.45) is 5.73 Å². The lowest BCUT2D eigenvalue weighted by molar-refractivity contribution is -0.121. The van der Waals surface area contributed by atoms with Crippen LogP contribution in [0.4, 0.5) is 0 Å². The van der Waals surface area contributed by atoms with Crippen LogP contribution in [0.1, 0.15) is 18.4 Å². The van der Waals surface area contributed by atoms with Gasteiger partial charge in [-0.2, -0.15) is 0 Å². The summed E-state index contributed by atoms with van der Waals surface area (Å²) in [4.78, 5) is 11.3. The molecule has 17 heavy (non-hydrogen) atoms. The SMILES string of the molecule is Cl.NCCCC(=O)NCc1ccc(Cl)cc1Cl. The summed E-state index contributed by atoms with van der Waals surface area (Å²) in [5.74, 6) is -0.0172. The summed E-state index contributed by atoms with van der Waals surface area (Å²) in [6.45, 7) is 0.939. The van der Waals surface area contributed by atoms with Gasteiger partial charge in [0.25, 0.3) is 0 Å². The Hall–Kier alpha value is -0.480. The van der Waals surface area contributed by atoms with Gasteiger partial charge in [0.2, 0.25) is 5.91 Å². The van der Waals surface area contributed by atoms with Crippen molar-refractivity contribution in [3.8, 4) is 0 Å². The molecule has 0 aliphatic heterocycles. The second-order valence-corrected chi connectivity index (χ2v) is 4.25. The Kier molecular flexibility index (Phi) is 8.35. The number of benzene rings is 1. The molecular formula is C11H15Cl3N2O. The third-order valence-corrected chi connectivity index (χ3v) is 2.69. The quantitative estimate of drug-likeness (QED) is 0.878. The smallest absolute Gasteiger partial charge is 0.220 e. The van der Waals surface area contributed by atoms with Crippen molar-refractivity contribution < 1.29 is 4.79 Å². The summed E-state index contributed by atoms with van der Waals surface area (Å²) >= 11 is 11.7. The molecule has 0 radical (unpaired) electrons. The molecule has 0 spiro atoms. The van der Waals surface area contributed by atoms with Crippen molar-refractivity contribution >= 4 is 41.5 Å². The van der Waals surface area contributed by atoms with E-state index in [0.717, 1.165) is 5.56 Å². The minimum atomic E-state index is -0.0172. The standard InChI is InChI=1S/C11H14Cl2N2O.ClH/c12-9-4-3-8(10(13)6-9)7-15-11(16)2-1-5-14;/h3-4,6H,1-2,5,7,14H2,(H,15,16);1H. The summed E-state index contributed by atoms with van der Waals surface area (Å²) in [7, 11) is 0. The molecule has 1 amide bonds. The van der Waals surface area contributed by atoms with Crippen molar-refractivity contribution in [3.63, 3.8) is 0 Å². The zero-order valence-electron chi connectivity index (χ0n) is 9.21. The number of nitrogens with one attached hydrogen (secondary N) is 1. The molecule has 0 unspecified atom stereocenters. The second-order valence-electron chi connectivity index (χ2n) is 3.40. The fraction of sp³-hybridized carbons (Fsp3) is 0.364. The van der Waals surface area contributed by atoms with Crippen LogP contribution in [-0.2, 0) is 11.3 Å². The number of halogens is 3. The molecule has 1 aromatic carbocycles. The monoisotopic (exact) mass is 296 g/mol. The maximum absolute atomic E-state index is 11.3. The third kappa shape index (κ3) is 6.13. The van der Waals surface area contributed by atoms with Crippen molar-refractivity contribution in [1.29, 1.82) is 0 Å². The number of amides is 1. The molecule has 0 saturated carbocycles. The van der Waals surface area contributed by atoms with Crippen molar-refractivity contribution in [2.75, 3.05) is 6.54 Å². The first-order valence-electron chi connectivity index (χ1n) is 5.04. The minimum Gasteiger partial charge on any atom is -0.352 e. The van der Waals surface area contributed by atoms with Crippen LogP contribution in [0.5, 0.6) is 0 Å². The largest absolute Gasteiger partial charge is 0.352 e. The topological polar surface area (TPSA) is 55.1 Å². The lowest BCUT2D eigenvalue weighted by Crippen LogP contribution is -2.23. The summed E-state index contributed by atoms with van der Waals surface area (Å²) in [6, 6.07) is 5.20. The molecule has 0 heterocycles. The van der Waals surface area contributed by atoms with E-state index in [1.165, 1.54) is 0 Å². The van der Waals surface area contributed by atoms with Crippen LogP contribution in [0.3, 0.4) is 0 Å². The molecule has 3 nitrogen and oxygen atoms in total. The molecule has 1 aromatic rings. The highest BCUT2D eigenvalue weighted by atomic mass is 35.5. The average molecular weight is 298 g/mol. The first-order valence-corrected chi connectivity index (χ1v) is 5.79. The van der Waals surface area contributed by atoms with Crippen LogP contribution in [0.2, 0.25) is 10.0 Å². The number of nitrogens with two attached hydrogens (primary N) is 1. The van der Waals surface area contributed by atoms with Crippen LogP contribution in [0.25, 0.3) is 0 Å². The van der Waals surface area contributed by atoms with E-state index in [4.69, 9.17) is 28.9 Å². The Labute approximate surface area is 117 Å². The maximum Gasteiger partial charge on any atom is 0.220 e. The van der Waals surface area contributed by atoms with Gasteiger partial charge < -0.3 is 11.1 Å². The average Bonchev–Trinajstić information content (AvgIpc) is 2.25. The van der Waals surface area contributed by atoms with Gasteiger partial charge in [-0.05, 0) is 30.7 Å². The summed E-state index contributed by atoms with van der Waals surface area (Å²) < 4.78 is 0. The fourth-order valence-corrected chi connectivity index (χ4v) is 1.69. The number of carbonyl (C=O) groups excluding carboxylic acids is 1. The van der Waals surface area contributed by atoms with E-state index < -0.39 is 0 Å². The molecular weight excluding hydrogens is 282 g/mol. The van der Waals surface area contributed by atoms with Crippen molar-refractivity contribution in [2.45, 2.75) is 19.4 Å². The molecule has 1 rings (SSSR count). The third-order valence-electron chi connectivity index (χ3n) is 2.10. The Bertz CT molecular complexity index is 372. The van der Waals surface area contributed by atoms with Crippen LogP contribution >= 0.6 is 35.6 Å². The van der Waals surface area contributed by atoms with E-state index in [-0.39, 0.29) is 18.3 Å². The van der Waals surface area contributed by atoms with E-state index in [2.05, 4.69) is 5.32 Å². The normalized spacial score (nSPS) is 9.59. The van der Waals surface area contributed by atoms with E-state index >= 15 is 0 Å². The van der Waals surface area contributed by atoms with Crippen LogP contribution in [0, 0.1) is 0 Å². The molecule has 6 heteroatoms. The highest BCUT2D eigenvalue weighted by molar-refractivity contribution is 6.35. The van der Waals surface area contributed by atoms with Gasteiger partial charge in [-0.1, -0.05) is 29.3 Å². The Balaban J connectivity index is 0.00000256. The summed E-state index contributed by atoms with van der Waals surface area (Å²) in [6.07, 6.45) is 1.14. The van der Waals surface area contributed by atoms with Crippen LogP contribution in [-0.4, -0.2) is 12.5 Å². The molecule has 0 atom stereocenters. The minimum absolute atomic E-state index is 0. The predicted molar refractivity (Wildman–Crippen MR) is 73.8 cm³/mol. The van der Waals surface area contributed by atoms with E-state index in [1.54, 1.807) is 18.2 Å². The Morgan fingerprint density at radius 1 is 1.35 bits per heavy atom. The molecule has 0 aromatic heterocycles. The van der Waals surface area contributed by atoms with Gasteiger partial charge in [0, 0.05) is 23.0 Å². The summed E-state index contributed by atoms with van der Waals surface area (Å²) in [5, 5.41) is 3.92. The molecule has 96 valence electrons. The first kappa shape index (κ1) is 16.5. The predicted octanol–water partition coefficient (Wildman–Crippen LogP) is 2.77. The molecule has 0 fully saturated rings. The highest BCUT2D eigenvalue weighted by Crippen LogP contribution is 2.20. The van der Waals surface area contributed by atoms with Gasteiger partial charge in [0.05, 0.1) is 0 Å². The lowest BCUT2D eigenvalue weighted by atomic mass is 10.2. The van der Waals surface area contributed by atoms with E-state index in [1.807, 2.05) is 0 Å². The van der Waals surface area contributed by atoms with Gasteiger partial charge in [-0.15, -0.1) is 12.4 Å². The number of carbonyl (C=O) groups is 1. The van der Waals surface area contributed by atoms with Gasteiger partial charge in [-0.3, -0.25) is 4.79 Å². The van der Waals surface area contributed by atoms with Crippen molar-refractivity contribution in [1.82, 2.24) is 5.32 Å². The molecule has 0 saturated heterocycles. The van der Waals surface area contributed by atoms with Gasteiger partial charge in [0.15, 0.2) is 0 Å². The number of hydrogen-bond acceptors (Lipinski definition) is 2. The Morgan fingerprint density at radius 3 is 2.65 bits per heavy atom. The Morgan fingerprint density at radius 2 is 2.06 bits per heavy atom. The molecule has 0 aliphatic rings. The number of hydrogen-bond donors (Lipinski definition) is 2. The second kappa shape index (κ2) is 8.59. The highest BCUT2D eigenvalue weighted by Gasteiger charge is 2.04. The summed E-state index contributed by atoms with van der Waals surface area (Å²) in [5.41, 5.74) is 6.16. The fourth-order valence-electron chi connectivity index (χ4n) is 1.21. The number of rotatable bonds is 5. The molecule has 3 N–H and O–H groups in total.